The van der Waals surface area contributed by atoms with Crippen LogP contribution >= 0.6 is 0 Å². The van der Waals surface area contributed by atoms with Crippen LogP contribution in [0.4, 0.5) is 0 Å². The van der Waals surface area contributed by atoms with Crippen molar-refractivity contribution in [1.82, 2.24) is 4.90 Å². The number of carbonyl (C=O) groups is 1. The van der Waals surface area contributed by atoms with Crippen molar-refractivity contribution in [2.45, 2.75) is 20.8 Å². The normalized spacial score (nSPS) is 7.64. The van der Waals surface area contributed by atoms with Crippen molar-refractivity contribution in [3.8, 4) is 0 Å². The van der Waals surface area contributed by atoms with Crippen LogP contribution in [-0.2, 0) is 4.79 Å². The molecule has 0 amide bonds. The molecule has 11 heavy (non-hydrogen) atoms. The molecular formula is C7H19NO3. The topological polar surface area (TPSA) is 72.0 Å². The Morgan fingerprint density at radius 3 is 1.36 bits per heavy atom. The van der Waals surface area contributed by atoms with E-state index < -0.39 is 0 Å². The van der Waals surface area contributed by atoms with Gasteiger partial charge in [-0.25, -0.2) is 0 Å². The van der Waals surface area contributed by atoms with E-state index in [1.54, 1.807) is 0 Å². The minimum atomic E-state index is -0.250. The minimum Gasteiger partial charge on any atom is -0.483 e. The molecule has 0 spiro atoms. The third-order valence-corrected chi connectivity index (χ3v) is 1.34. The zero-order valence-corrected chi connectivity index (χ0v) is 7.50. The fourth-order valence-electron chi connectivity index (χ4n) is 0.671. The fraction of sp³-hybridized carbons (Fsp3) is 0.857. The molecule has 4 heteroatoms. The van der Waals surface area contributed by atoms with Crippen molar-refractivity contribution >= 4 is 6.47 Å². The van der Waals surface area contributed by atoms with Crippen LogP contribution in [0.3, 0.4) is 0 Å². The summed E-state index contributed by atoms with van der Waals surface area (Å²) in [7, 11) is 0. The van der Waals surface area contributed by atoms with Crippen LogP contribution < -0.4 is 0 Å². The first-order chi connectivity index (χ1) is 4.76. The highest BCUT2D eigenvalue weighted by Crippen LogP contribution is 1.81. The molecule has 3 N–H and O–H groups in total. The van der Waals surface area contributed by atoms with Gasteiger partial charge in [0, 0.05) is 0 Å². The van der Waals surface area contributed by atoms with E-state index in [1.807, 2.05) is 0 Å². The van der Waals surface area contributed by atoms with Crippen LogP contribution in [-0.4, -0.2) is 41.6 Å². The van der Waals surface area contributed by atoms with Gasteiger partial charge in [-0.05, 0) is 19.6 Å². The van der Waals surface area contributed by atoms with Crippen LogP contribution in [0.15, 0.2) is 0 Å². The predicted molar refractivity (Wildman–Crippen MR) is 45.8 cm³/mol. The van der Waals surface area contributed by atoms with Crippen molar-refractivity contribution < 1.29 is 15.4 Å². The second-order valence-electron chi connectivity index (χ2n) is 1.72. The zero-order valence-electron chi connectivity index (χ0n) is 7.50. The highest BCUT2D eigenvalue weighted by Gasteiger charge is 1.89. The molecular weight excluding hydrogens is 146 g/mol. The van der Waals surface area contributed by atoms with Crippen LogP contribution in [0.25, 0.3) is 0 Å². The van der Waals surface area contributed by atoms with Crippen molar-refractivity contribution in [2.75, 3.05) is 19.6 Å². The molecule has 0 rings (SSSR count). The number of hydrogen-bond acceptors (Lipinski definition) is 2. The van der Waals surface area contributed by atoms with Gasteiger partial charge in [0.1, 0.15) is 0 Å². The Morgan fingerprint density at radius 1 is 1.18 bits per heavy atom. The summed E-state index contributed by atoms with van der Waals surface area (Å²) in [5.41, 5.74) is 0. The van der Waals surface area contributed by atoms with Crippen molar-refractivity contribution in [1.29, 1.82) is 0 Å². The van der Waals surface area contributed by atoms with E-state index in [0.29, 0.717) is 0 Å². The van der Waals surface area contributed by atoms with Gasteiger partial charge in [0.2, 0.25) is 0 Å². The number of nitrogens with zero attached hydrogens (tertiary/aromatic N) is 1. The summed E-state index contributed by atoms with van der Waals surface area (Å²) in [4.78, 5) is 10.7. The van der Waals surface area contributed by atoms with Gasteiger partial charge in [0.05, 0.1) is 0 Å². The SMILES string of the molecule is CCN(CC)CC.O.O=CO. The molecule has 0 radical (unpaired) electrons. The molecule has 0 bridgehead atoms. The third-order valence-electron chi connectivity index (χ3n) is 1.34. The summed E-state index contributed by atoms with van der Waals surface area (Å²) in [6.45, 7) is 9.88. The van der Waals surface area contributed by atoms with Gasteiger partial charge < -0.3 is 15.5 Å². The molecule has 0 saturated carbocycles. The Hall–Kier alpha value is -0.610. The summed E-state index contributed by atoms with van der Waals surface area (Å²) in [6, 6.07) is 0. The molecule has 4 nitrogen and oxygen atoms in total. The average Bonchev–Trinajstić information content (AvgIpc) is 1.93. The summed E-state index contributed by atoms with van der Waals surface area (Å²) in [5, 5.41) is 6.89. The smallest absolute Gasteiger partial charge is 0.290 e. The van der Waals surface area contributed by atoms with E-state index in [4.69, 9.17) is 9.90 Å². The van der Waals surface area contributed by atoms with Crippen molar-refractivity contribution in [2.24, 2.45) is 0 Å². The molecule has 0 fully saturated rings. The molecule has 0 aromatic heterocycles. The van der Waals surface area contributed by atoms with Gasteiger partial charge in [-0.15, -0.1) is 0 Å². The number of carboxylic acid groups (broad SMARTS) is 1. The van der Waals surface area contributed by atoms with Crippen LogP contribution in [0.1, 0.15) is 20.8 Å². The highest BCUT2D eigenvalue weighted by molar-refractivity contribution is 5.32. The van der Waals surface area contributed by atoms with Crippen LogP contribution in [0.5, 0.6) is 0 Å². The van der Waals surface area contributed by atoms with Gasteiger partial charge in [0.15, 0.2) is 0 Å². The van der Waals surface area contributed by atoms with Gasteiger partial charge in [-0.1, -0.05) is 20.8 Å². The molecule has 0 aromatic carbocycles. The maximum atomic E-state index is 8.36. The van der Waals surface area contributed by atoms with Crippen molar-refractivity contribution in [3.63, 3.8) is 0 Å². The Balaban J connectivity index is -0.000000140. The number of hydrogen-bond donors (Lipinski definition) is 1. The summed E-state index contributed by atoms with van der Waals surface area (Å²) >= 11 is 0. The highest BCUT2D eigenvalue weighted by atomic mass is 16.3. The van der Waals surface area contributed by atoms with Gasteiger partial charge in [0.25, 0.3) is 6.47 Å². The van der Waals surface area contributed by atoms with E-state index in [2.05, 4.69) is 25.7 Å². The Kier molecular flexibility index (Phi) is 24.7. The standard InChI is InChI=1S/C6H15N.CH2O2.H2O/c1-4-7(5-2)6-3;2-1-3;/h4-6H2,1-3H3;1H,(H,2,3);1H2. The second-order valence-corrected chi connectivity index (χ2v) is 1.72. The molecule has 0 saturated heterocycles. The van der Waals surface area contributed by atoms with Crippen LogP contribution in [0, 0.1) is 0 Å². The maximum Gasteiger partial charge on any atom is 0.290 e. The van der Waals surface area contributed by atoms with Crippen molar-refractivity contribution in [3.05, 3.63) is 0 Å². The number of rotatable bonds is 3. The molecule has 0 aliphatic rings. The lowest BCUT2D eigenvalue weighted by Crippen LogP contribution is -2.21. The third kappa shape index (κ3) is 17.7. The summed E-state index contributed by atoms with van der Waals surface area (Å²) < 4.78 is 0. The predicted octanol–water partition coefficient (Wildman–Crippen LogP) is 0.224. The van der Waals surface area contributed by atoms with E-state index in [-0.39, 0.29) is 11.9 Å². The Bertz CT molecular complexity index is 59.2. The van der Waals surface area contributed by atoms with E-state index in [1.165, 1.54) is 19.6 Å². The van der Waals surface area contributed by atoms with E-state index in [9.17, 15) is 0 Å². The lowest BCUT2D eigenvalue weighted by Gasteiger charge is -2.13. The Morgan fingerprint density at radius 2 is 1.36 bits per heavy atom. The van der Waals surface area contributed by atoms with Crippen LogP contribution in [0.2, 0.25) is 0 Å². The first-order valence-corrected chi connectivity index (χ1v) is 3.56. The molecule has 70 valence electrons. The molecule has 0 heterocycles. The first-order valence-electron chi connectivity index (χ1n) is 3.56. The lowest BCUT2D eigenvalue weighted by atomic mass is 10.5. The quantitative estimate of drug-likeness (QED) is 0.608. The molecule has 0 aromatic rings. The molecule has 0 aliphatic carbocycles. The first kappa shape index (κ1) is 16.8. The lowest BCUT2D eigenvalue weighted by molar-refractivity contribution is -0.122. The monoisotopic (exact) mass is 165 g/mol. The Labute approximate surface area is 68.1 Å². The van der Waals surface area contributed by atoms with E-state index >= 15 is 0 Å². The van der Waals surface area contributed by atoms with Gasteiger partial charge in [-0.2, -0.15) is 0 Å². The molecule has 0 aliphatic heterocycles. The second kappa shape index (κ2) is 16.2. The van der Waals surface area contributed by atoms with Gasteiger partial charge in [-0.3, -0.25) is 4.79 Å². The summed E-state index contributed by atoms with van der Waals surface area (Å²) in [5.74, 6) is 0. The average molecular weight is 165 g/mol. The molecule has 0 unspecified atom stereocenters. The zero-order chi connectivity index (χ0) is 8.41. The maximum absolute atomic E-state index is 8.36. The van der Waals surface area contributed by atoms with Gasteiger partial charge >= 0.3 is 0 Å². The summed E-state index contributed by atoms with van der Waals surface area (Å²) in [6.07, 6.45) is 0. The fourth-order valence-corrected chi connectivity index (χ4v) is 0.671. The van der Waals surface area contributed by atoms with E-state index in [0.717, 1.165) is 0 Å². The largest absolute Gasteiger partial charge is 0.483 e. The molecule has 0 atom stereocenters. The minimum absolute atomic E-state index is 0.